The summed E-state index contributed by atoms with van der Waals surface area (Å²) < 4.78 is 5.87. The van der Waals surface area contributed by atoms with Gasteiger partial charge >= 0.3 is 0 Å². The minimum absolute atomic E-state index is 0.106. The van der Waals surface area contributed by atoms with Crippen molar-refractivity contribution in [3.05, 3.63) is 22.8 Å². The van der Waals surface area contributed by atoms with E-state index in [1.165, 1.54) is 44.9 Å². The van der Waals surface area contributed by atoms with Crippen LogP contribution in [0.1, 0.15) is 85.5 Å². The molecule has 0 radical (unpaired) electrons. The van der Waals surface area contributed by atoms with Crippen LogP contribution in [0.4, 0.5) is 0 Å². The molecule has 4 aliphatic carbocycles. The first kappa shape index (κ1) is 20.3. The number of aliphatic hydroxyl groups excluding tert-OH is 1. The molecule has 1 saturated heterocycles. The van der Waals surface area contributed by atoms with E-state index in [2.05, 4.69) is 33.8 Å². The van der Waals surface area contributed by atoms with E-state index in [-0.39, 0.29) is 6.10 Å². The highest BCUT2D eigenvalue weighted by atomic mass is 16.5. The number of hydrogen-bond acceptors (Lipinski definition) is 2. The quantitative estimate of drug-likeness (QED) is 0.565. The van der Waals surface area contributed by atoms with Crippen LogP contribution in [0.5, 0.6) is 0 Å². The van der Waals surface area contributed by atoms with Crippen molar-refractivity contribution >= 4 is 0 Å². The van der Waals surface area contributed by atoms with Gasteiger partial charge < -0.3 is 9.84 Å². The van der Waals surface area contributed by atoms with E-state index >= 15 is 0 Å². The topological polar surface area (TPSA) is 29.5 Å². The number of rotatable bonds is 3. The number of ether oxygens (including phenoxy) is 1. The summed E-state index contributed by atoms with van der Waals surface area (Å²) in [5, 5.41) is 10.4. The SMILES string of the molecule is CCC1=C(C2CCOC2)[C@@]2(C)CC[C@@H]3[C@@H](C(CC)C=C4CC(O)CC[C@@]43C)[C@@H]2C1. The molecule has 0 aromatic heterocycles. The Balaban J connectivity index is 1.54. The fraction of sp³-hybridized carbons (Fsp3) is 0.852. The van der Waals surface area contributed by atoms with Crippen molar-refractivity contribution in [3.63, 3.8) is 0 Å². The normalized spacial score (nSPS) is 49.5. The van der Waals surface area contributed by atoms with E-state index < -0.39 is 0 Å². The largest absolute Gasteiger partial charge is 0.393 e. The van der Waals surface area contributed by atoms with E-state index in [4.69, 9.17) is 4.74 Å². The predicted octanol–water partition coefficient (Wildman–Crippen LogP) is 6.30. The summed E-state index contributed by atoms with van der Waals surface area (Å²) in [4.78, 5) is 0. The van der Waals surface area contributed by atoms with Gasteiger partial charge in [0, 0.05) is 12.5 Å². The lowest BCUT2D eigenvalue weighted by Gasteiger charge is -2.60. The second-order valence-corrected chi connectivity index (χ2v) is 11.5. The van der Waals surface area contributed by atoms with Crippen LogP contribution >= 0.6 is 0 Å². The number of fused-ring (bicyclic) bond motifs is 5. The van der Waals surface area contributed by atoms with Crippen LogP contribution in [-0.2, 0) is 4.74 Å². The molecule has 0 amide bonds. The fourth-order valence-electron chi connectivity index (χ4n) is 8.86. The lowest BCUT2D eigenvalue weighted by Crippen LogP contribution is -2.53. The lowest BCUT2D eigenvalue weighted by atomic mass is 9.45. The minimum Gasteiger partial charge on any atom is -0.393 e. The van der Waals surface area contributed by atoms with Crippen LogP contribution in [0.15, 0.2) is 22.8 Å². The molecule has 2 saturated carbocycles. The van der Waals surface area contributed by atoms with Gasteiger partial charge in [-0.1, -0.05) is 50.5 Å². The highest BCUT2D eigenvalue weighted by Gasteiger charge is 2.60. The van der Waals surface area contributed by atoms with E-state index in [9.17, 15) is 5.11 Å². The fourth-order valence-corrected chi connectivity index (χ4v) is 8.86. The molecule has 0 aromatic rings. The monoisotopic (exact) mass is 398 g/mol. The molecular weight excluding hydrogens is 356 g/mol. The maximum absolute atomic E-state index is 10.4. The Bertz CT molecular complexity index is 714. The Kier molecular flexibility index (Phi) is 5.06. The van der Waals surface area contributed by atoms with Gasteiger partial charge in [-0.3, -0.25) is 0 Å². The molecule has 1 aliphatic heterocycles. The van der Waals surface area contributed by atoms with Crippen LogP contribution in [0.2, 0.25) is 0 Å². The van der Waals surface area contributed by atoms with Crippen molar-refractivity contribution in [1.29, 1.82) is 0 Å². The third kappa shape index (κ3) is 2.88. The van der Waals surface area contributed by atoms with Crippen molar-refractivity contribution < 1.29 is 9.84 Å². The molecule has 8 atom stereocenters. The van der Waals surface area contributed by atoms with Gasteiger partial charge in [0.25, 0.3) is 0 Å². The number of hydrogen-bond donors (Lipinski definition) is 1. The minimum atomic E-state index is -0.106. The van der Waals surface area contributed by atoms with E-state index in [1.54, 1.807) is 11.1 Å². The smallest absolute Gasteiger partial charge is 0.0577 e. The molecule has 3 fully saturated rings. The molecule has 0 aromatic carbocycles. The summed E-state index contributed by atoms with van der Waals surface area (Å²) in [6.07, 6.45) is 13.5. The van der Waals surface area contributed by atoms with Crippen LogP contribution in [0.25, 0.3) is 0 Å². The van der Waals surface area contributed by atoms with Gasteiger partial charge in [-0.15, -0.1) is 0 Å². The molecule has 3 unspecified atom stereocenters. The number of allylic oxidation sites excluding steroid dienone is 2. The van der Waals surface area contributed by atoms with Gasteiger partial charge in [0.15, 0.2) is 0 Å². The van der Waals surface area contributed by atoms with Gasteiger partial charge in [-0.2, -0.15) is 0 Å². The molecule has 5 rings (SSSR count). The molecular formula is C27H42O2. The zero-order valence-electron chi connectivity index (χ0n) is 19.2. The van der Waals surface area contributed by atoms with E-state index in [1.807, 2.05) is 5.57 Å². The zero-order chi connectivity index (χ0) is 20.4. The maximum Gasteiger partial charge on any atom is 0.0577 e. The summed E-state index contributed by atoms with van der Waals surface area (Å²) in [5.74, 6) is 3.85. The van der Waals surface area contributed by atoms with Crippen LogP contribution in [0, 0.1) is 40.4 Å². The summed E-state index contributed by atoms with van der Waals surface area (Å²) in [6, 6.07) is 0. The highest BCUT2D eigenvalue weighted by molar-refractivity contribution is 5.36. The maximum atomic E-state index is 10.4. The molecule has 5 aliphatic rings. The summed E-state index contributed by atoms with van der Waals surface area (Å²) in [7, 11) is 0. The van der Waals surface area contributed by atoms with Gasteiger partial charge in [0.05, 0.1) is 12.7 Å². The molecule has 1 N–H and O–H groups in total. The van der Waals surface area contributed by atoms with Crippen molar-refractivity contribution in [2.45, 2.75) is 91.6 Å². The van der Waals surface area contributed by atoms with Gasteiger partial charge in [0.1, 0.15) is 0 Å². The Labute approximate surface area is 178 Å². The Morgan fingerprint density at radius 1 is 1.03 bits per heavy atom. The first-order chi connectivity index (χ1) is 13.9. The molecule has 0 spiro atoms. The van der Waals surface area contributed by atoms with E-state index in [0.717, 1.165) is 43.8 Å². The van der Waals surface area contributed by atoms with Crippen molar-refractivity contribution in [1.82, 2.24) is 0 Å². The van der Waals surface area contributed by atoms with Crippen molar-refractivity contribution in [3.8, 4) is 0 Å². The molecule has 29 heavy (non-hydrogen) atoms. The van der Waals surface area contributed by atoms with Gasteiger partial charge in [0.2, 0.25) is 0 Å². The standard InChI is InChI=1S/C27H42O2/c1-5-17-13-20-15-21(28)7-10-26(20,3)22-8-11-27(4)23(24(17)22)14-18(6-2)25(27)19-9-12-29-16-19/h13,17,19,21-24,28H,5-12,14-16H2,1-4H3/t17?,19?,21?,22-,23+,24-,26+,27+/m1/s1. The molecule has 162 valence electrons. The van der Waals surface area contributed by atoms with Crippen LogP contribution in [-0.4, -0.2) is 24.4 Å². The summed E-state index contributed by atoms with van der Waals surface area (Å²) in [5.41, 5.74) is 5.98. The second kappa shape index (κ2) is 7.23. The lowest BCUT2D eigenvalue weighted by molar-refractivity contribution is -0.0540. The number of aliphatic hydroxyl groups is 1. The third-order valence-electron chi connectivity index (χ3n) is 10.3. The Morgan fingerprint density at radius 3 is 2.52 bits per heavy atom. The zero-order valence-corrected chi connectivity index (χ0v) is 19.2. The molecule has 2 heteroatoms. The first-order valence-corrected chi connectivity index (χ1v) is 12.6. The average Bonchev–Trinajstić information content (AvgIpc) is 3.32. The Morgan fingerprint density at radius 2 is 1.83 bits per heavy atom. The highest BCUT2D eigenvalue weighted by Crippen LogP contribution is 2.68. The summed E-state index contributed by atoms with van der Waals surface area (Å²) in [6.45, 7) is 11.9. The first-order valence-electron chi connectivity index (χ1n) is 12.6. The van der Waals surface area contributed by atoms with Crippen molar-refractivity contribution in [2.24, 2.45) is 40.4 Å². The molecule has 1 heterocycles. The predicted molar refractivity (Wildman–Crippen MR) is 118 cm³/mol. The van der Waals surface area contributed by atoms with Gasteiger partial charge in [-0.25, -0.2) is 0 Å². The van der Waals surface area contributed by atoms with Crippen molar-refractivity contribution in [2.75, 3.05) is 13.2 Å². The van der Waals surface area contributed by atoms with Crippen LogP contribution < -0.4 is 0 Å². The molecule has 2 nitrogen and oxygen atoms in total. The second-order valence-electron chi connectivity index (χ2n) is 11.5. The average molecular weight is 399 g/mol. The third-order valence-corrected chi connectivity index (χ3v) is 10.3. The van der Waals surface area contributed by atoms with E-state index in [0.29, 0.717) is 22.7 Å². The molecule has 0 bridgehead atoms. The van der Waals surface area contributed by atoms with Gasteiger partial charge in [-0.05, 0) is 92.3 Å². The Hall–Kier alpha value is -0.600. The van der Waals surface area contributed by atoms with Crippen LogP contribution in [0.3, 0.4) is 0 Å². The summed E-state index contributed by atoms with van der Waals surface area (Å²) >= 11 is 0.